The van der Waals surface area contributed by atoms with Gasteiger partial charge in [-0.1, -0.05) is 6.07 Å². The van der Waals surface area contributed by atoms with E-state index in [2.05, 4.69) is 9.89 Å². The highest BCUT2D eigenvalue weighted by molar-refractivity contribution is 7.99. The first-order chi connectivity index (χ1) is 9.70. The molecule has 1 aliphatic rings. The summed E-state index contributed by atoms with van der Waals surface area (Å²) in [5, 5.41) is 0. The molecule has 0 unspecified atom stereocenters. The number of hydrogen-bond donors (Lipinski definition) is 1. The number of aliphatic imine (C=N–C) groups is 1. The Morgan fingerprint density at radius 2 is 2.15 bits per heavy atom. The molecule has 1 heterocycles. The van der Waals surface area contributed by atoms with Crippen LogP contribution in [0.15, 0.2) is 23.2 Å². The van der Waals surface area contributed by atoms with E-state index >= 15 is 0 Å². The fraction of sp³-hybridized carbons (Fsp3) is 0.500. The van der Waals surface area contributed by atoms with Crippen molar-refractivity contribution in [3.63, 3.8) is 0 Å². The van der Waals surface area contributed by atoms with Gasteiger partial charge >= 0.3 is 0 Å². The third-order valence-corrected chi connectivity index (χ3v) is 4.76. The monoisotopic (exact) mass is 313 g/mol. The Labute approximate surface area is 128 Å². The molecular formula is C14H20FN3S2. The second-order valence-electron chi connectivity index (χ2n) is 4.62. The minimum atomic E-state index is -0.192. The van der Waals surface area contributed by atoms with Crippen molar-refractivity contribution in [3.05, 3.63) is 35.1 Å². The average molecular weight is 313 g/mol. The zero-order valence-corrected chi connectivity index (χ0v) is 13.3. The number of nitrogens with zero attached hydrogens (tertiary/aromatic N) is 2. The van der Waals surface area contributed by atoms with Gasteiger partial charge in [-0.3, -0.25) is 0 Å². The van der Waals surface area contributed by atoms with Crippen LogP contribution in [-0.2, 0) is 12.3 Å². The van der Waals surface area contributed by atoms with Gasteiger partial charge in [-0.25, -0.2) is 9.38 Å². The van der Waals surface area contributed by atoms with Crippen LogP contribution in [0.5, 0.6) is 0 Å². The van der Waals surface area contributed by atoms with Crippen molar-refractivity contribution in [1.29, 1.82) is 0 Å². The van der Waals surface area contributed by atoms with Crippen molar-refractivity contribution >= 4 is 29.5 Å². The lowest BCUT2D eigenvalue weighted by Gasteiger charge is -2.27. The summed E-state index contributed by atoms with van der Waals surface area (Å²) in [7, 11) is 0. The molecule has 1 fully saturated rings. The Bertz CT molecular complexity index is 473. The maximum absolute atomic E-state index is 13.3. The molecule has 0 atom stereocenters. The van der Waals surface area contributed by atoms with Gasteiger partial charge in [-0.15, -0.1) is 0 Å². The highest BCUT2D eigenvalue weighted by atomic mass is 32.2. The molecule has 2 rings (SSSR count). The van der Waals surface area contributed by atoms with Gasteiger partial charge in [0.15, 0.2) is 5.96 Å². The van der Waals surface area contributed by atoms with Crippen molar-refractivity contribution in [3.8, 4) is 0 Å². The van der Waals surface area contributed by atoms with Crippen molar-refractivity contribution in [2.24, 2.45) is 10.7 Å². The predicted octanol–water partition coefficient (Wildman–Crippen LogP) is 2.55. The van der Waals surface area contributed by atoms with E-state index in [1.807, 2.05) is 24.1 Å². The van der Waals surface area contributed by atoms with Crippen LogP contribution in [0.25, 0.3) is 0 Å². The van der Waals surface area contributed by atoms with Crippen molar-refractivity contribution in [1.82, 2.24) is 4.90 Å². The fourth-order valence-corrected chi connectivity index (χ4v) is 3.58. The van der Waals surface area contributed by atoms with Crippen LogP contribution < -0.4 is 5.73 Å². The van der Waals surface area contributed by atoms with E-state index < -0.39 is 0 Å². The van der Waals surface area contributed by atoms with Crippen LogP contribution in [0, 0.1) is 5.82 Å². The van der Waals surface area contributed by atoms with Gasteiger partial charge in [0, 0.05) is 30.3 Å². The Morgan fingerprint density at radius 1 is 1.40 bits per heavy atom. The van der Waals surface area contributed by atoms with Crippen molar-refractivity contribution in [2.45, 2.75) is 12.3 Å². The standard InChI is InChI=1S/C14H20FN3S2/c1-19-10-12-8-13(15)3-2-11(12)9-17-14(16)18-4-6-20-7-5-18/h2-3,8H,4-7,9-10H2,1H3,(H2,16,17). The van der Waals surface area contributed by atoms with E-state index in [0.717, 1.165) is 41.5 Å². The molecular weight excluding hydrogens is 293 g/mol. The third kappa shape index (κ3) is 4.31. The van der Waals surface area contributed by atoms with Crippen LogP contribution >= 0.6 is 23.5 Å². The molecule has 0 saturated carbocycles. The van der Waals surface area contributed by atoms with Gasteiger partial charge in [0.2, 0.25) is 0 Å². The molecule has 1 saturated heterocycles. The largest absolute Gasteiger partial charge is 0.370 e. The SMILES string of the molecule is CSCc1cc(F)ccc1CN=C(N)N1CCSCC1. The lowest BCUT2D eigenvalue weighted by atomic mass is 10.1. The number of thioether (sulfide) groups is 2. The molecule has 1 aromatic rings. The van der Waals surface area contributed by atoms with Gasteiger partial charge < -0.3 is 10.6 Å². The Morgan fingerprint density at radius 3 is 2.85 bits per heavy atom. The van der Waals surface area contributed by atoms with Crippen molar-refractivity contribution in [2.75, 3.05) is 30.9 Å². The first-order valence-electron chi connectivity index (χ1n) is 6.59. The zero-order valence-electron chi connectivity index (χ0n) is 11.6. The van der Waals surface area contributed by atoms with Crippen LogP contribution in [0.2, 0.25) is 0 Å². The molecule has 6 heteroatoms. The van der Waals surface area contributed by atoms with E-state index in [0.29, 0.717) is 12.5 Å². The highest BCUT2D eigenvalue weighted by Gasteiger charge is 2.12. The second kappa shape index (κ2) is 7.78. The Kier molecular flexibility index (Phi) is 6.04. The van der Waals surface area contributed by atoms with Gasteiger partial charge in [0.25, 0.3) is 0 Å². The van der Waals surface area contributed by atoms with E-state index in [-0.39, 0.29) is 5.82 Å². The molecule has 1 aromatic carbocycles. The van der Waals surface area contributed by atoms with Crippen LogP contribution in [0.3, 0.4) is 0 Å². The topological polar surface area (TPSA) is 41.6 Å². The maximum Gasteiger partial charge on any atom is 0.191 e. The Balaban J connectivity index is 2.05. The smallest absolute Gasteiger partial charge is 0.191 e. The molecule has 0 amide bonds. The fourth-order valence-electron chi connectivity index (χ4n) is 2.10. The number of benzene rings is 1. The Hall–Kier alpha value is -0.880. The normalized spacial score (nSPS) is 16.5. The van der Waals surface area contributed by atoms with Crippen molar-refractivity contribution < 1.29 is 4.39 Å². The number of nitrogens with two attached hydrogens (primary N) is 1. The molecule has 2 N–H and O–H groups in total. The van der Waals surface area contributed by atoms with Crippen LogP contribution in [0.1, 0.15) is 11.1 Å². The van der Waals surface area contributed by atoms with Crippen LogP contribution in [0.4, 0.5) is 4.39 Å². The number of hydrogen-bond acceptors (Lipinski definition) is 3. The highest BCUT2D eigenvalue weighted by Crippen LogP contribution is 2.18. The minimum absolute atomic E-state index is 0.192. The summed E-state index contributed by atoms with van der Waals surface area (Å²) in [4.78, 5) is 6.59. The lowest BCUT2D eigenvalue weighted by molar-refractivity contribution is 0.455. The summed E-state index contributed by atoms with van der Waals surface area (Å²) in [6.45, 7) is 2.44. The number of guanidine groups is 1. The molecule has 20 heavy (non-hydrogen) atoms. The van der Waals surface area contributed by atoms with Gasteiger partial charge in [-0.2, -0.15) is 23.5 Å². The predicted molar refractivity (Wildman–Crippen MR) is 87.8 cm³/mol. The second-order valence-corrected chi connectivity index (χ2v) is 6.71. The van der Waals surface area contributed by atoms with Gasteiger partial charge in [0.1, 0.15) is 5.82 Å². The molecule has 1 aliphatic heterocycles. The third-order valence-electron chi connectivity index (χ3n) is 3.21. The van der Waals surface area contributed by atoms with E-state index in [1.54, 1.807) is 17.8 Å². The summed E-state index contributed by atoms with van der Waals surface area (Å²) in [5.41, 5.74) is 8.09. The maximum atomic E-state index is 13.3. The minimum Gasteiger partial charge on any atom is -0.370 e. The molecule has 3 nitrogen and oxygen atoms in total. The first kappa shape index (κ1) is 15.5. The average Bonchev–Trinajstić information content (AvgIpc) is 2.47. The lowest BCUT2D eigenvalue weighted by Crippen LogP contribution is -2.42. The molecule has 0 aliphatic carbocycles. The van der Waals surface area contributed by atoms with E-state index in [9.17, 15) is 4.39 Å². The summed E-state index contributed by atoms with van der Waals surface area (Å²) in [6.07, 6.45) is 2.01. The summed E-state index contributed by atoms with van der Waals surface area (Å²) in [6, 6.07) is 4.89. The molecule has 0 spiro atoms. The van der Waals surface area contributed by atoms with Gasteiger partial charge in [-0.05, 0) is 29.5 Å². The van der Waals surface area contributed by atoms with Crippen LogP contribution in [-0.4, -0.2) is 41.7 Å². The number of halogens is 1. The quantitative estimate of drug-likeness (QED) is 0.685. The van der Waals surface area contributed by atoms with Gasteiger partial charge in [0.05, 0.1) is 6.54 Å². The summed E-state index contributed by atoms with van der Waals surface area (Å²) >= 11 is 3.62. The first-order valence-corrected chi connectivity index (χ1v) is 9.14. The van der Waals surface area contributed by atoms with E-state index in [1.165, 1.54) is 6.07 Å². The van der Waals surface area contributed by atoms with E-state index in [4.69, 9.17) is 5.73 Å². The summed E-state index contributed by atoms with van der Waals surface area (Å²) < 4.78 is 13.3. The zero-order chi connectivity index (χ0) is 14.4. The molecule has 0 radical (unpaired) electrons. The molecule has 0 aromatic heterocycles. The molecule has 110 valence electrons. The number of rotatable bonds is 4. The summed E-state index contributed by atoms with van der Waals surface area (Å²) in [5.74, 6) is 3.41. The molecule has 0 bridgehead atoms.